The summed E-state index contributed by atoms with van der Waals surface area (Å²) in [7, 11) is 0. The van der Waals surface area contributed by atoms with Crippen LogP contribution in [-0.2, 0) is 57.2 Å². The molecule has 0 saturated heterocycles. The summed E-state index contributed by atoms with van der Waals surface area (Å²) in [5, 5.41) is 0. The SMILES string of the molecule is C=CC(=O)OCCCCCCCCCCOC(=O)C=C.C=CC(=O)OCCCCCCCCCCOC(=O)C=C.C=CC(=O)OCCCOC(=O)C=C. The highest BCUT2D eigenvalue weighted by atomic mass is 16.6. The number of rotatable bonds is 32. The molecule has 0 heterocycles. The smallest absolute Gasteiger partial charge is 0.330 e. The molecular formula is C41H64O12. The van der Waals surface area contributed by atoms with Crippen molar-refractivity contribution in [3.05, 3.63) is 75.9 Å². The first-order valence-electron chi connectivity index (χ1n) is 18.4. The zero-order chi connectivity index (χ0) is 40.2. The molecule has 12 heteroatoms. The second-order valence-corrected chi connectivity index (χ2v) is 11.2. The number of unbranched alkanes of at least 4 members (excludes halogenated alkanes) is 14. The van der Waals surface area contributed by atoms with Crippen molar-refractivity contribution in [1.82, 2.24) is 0 Å². The Morgan fingerprint density at radius 2 is 0.377 bits per heavy atom. The van der Waals surface area contributed by atoms with Crippen LogP contribution in [0, 0.1) is 0 Å². The molecule has 0 fully saturated rings. The van der Waals surface area contributed by atoms with Crippen molar-refractivity contribution in [1.29, 1.82) is 0 Å². The Kier molecular flexibility index (Phi) is 43.1. The molecule has 0 bridgehead atoms. The van der Waals surface area contributed by atoms with Crippen LogP contribution < -0.4 is 0 Å². The lowest BCUT2D eigenvalue weighted by molar-refractivity contribution is -0.141. The van der Waals surface area contributed by atoms with Crippen LogP contribution in [0.3, 0.4) is 0 Å². The molecule has 300 valence electrons. The summed E-state index contributed by atoms with van der Waals surface area (Å²) >= 11 is 0. The van der Waals surface area contributed by atoms with Crippen molar-refractivity contribution >= 4 is 35.8 Å². The van der Waals surface area contributed by atoms with E-state index in [-0.39, 0.29) is 37.1 Å². The standard InChI is InChI=1S/2C16H26O4.C9H12O4/c2*1-3-15(17)19-13-11-9-7-5-6-8-10-12-14-20-16(18)4-2;1-3-8(10)12-6-5-7-13-9(11)4-2/h2*3-4H,1-2,5-14H2;3-4H,1-2,5-7H2. The molecule has 0 aliphatic rings. The molecule has 0 amide bonds. The van der Waals surface area contributed by atoms with E-state index in [0.29, 0.717) is 32.8 Å². The van der Waals surface area contributed by atoms with Crippen LogP contribution in [0.4, 0.5) is 0 Å². The Morgan fingerprint density at radius 3 is 0.528 bits per heavy atom. The minimum atomic E-state index is -0.477. The maximum atomic E-state index is 10.8. The fourth-order valence-corrected chi connectivity index (χ4v) is 3.98. The van der Waals surface area contributed by atoms with Crippen molar-refractivity contribution in [2.24, 2.45) is 0 Å². The van der Waals surface area contributed by atoms with Crippen molar-refractivity contribution in [2.75, 3.05) is 39.6 Å². The highest BCUT2D eigenvalue weighted by Gasteiger charge is 2.00. The largest absolute Gasteiger partial charge is 0.463 e. The molecule has 0 spiro atoms. The maximum absolute atomic E-state index is 10.8. The van der Waals surface area contributed by atoms with Crippen LogP contribution >= 0.6 is 0 Å². The predicted molar refractivity (Wildman–Crippen MR) is 205 cm³/mol. The summed E-state index contributed by atoms with van der Waals surface area (Å²) in [6.07, 6.45) is 24.8. The average molecular weight is 749 g/mol. The van der Waals surface area contributed by atoms with Gasteiger partial charge in [-0.2, -0.15) is 0 Å². The molecule has 0 atom stereocenters. The van der Waals surface area contributed by atoms with Crippen molar-refractivity contribution in [2.45, 2.75) is 109 Å². The summed E-state index contributed by atoms with van der Waals surface area (Å²) in [5.74, 6) is -2.33. The van der Waals surface area contributed by atoms with Gasteiger partial charge in [-0.25, -0.2) is 28.8 Å². The Bertz CT molecular complexity index is 921. The summed E-state index contributed by atoms with van der Waals surface area (Å²) in [6.45, 7) is 22.2. The number of ether oxygens (including phenoxy) is 6. The lowest BCUT2D eigenvalue weighted by Crippen LogP contribution is -2.07. The van der Waals surface area contributed by atoms with Gasteiger partial charge >= 0.3 is 35.8 Å². The quantitative estimate of drug-likeness (QED) is 0.0283. The summed E-state index contributed by atoms with van der Waals surface area (Å²) in [6, 6.07) is 0. The third kappa shape index (κ3) is 47.3. The van der Waals surface area contributed by atoms with Gasteiger partial charge < -0.3 is 28.4 Å². The topological polar surface area (TPSA) is 158 Å². The summed E-state index contributed by atoms with van der Waals surface area (Å²) in [5.41, 5.74) is 0. The van der Waals surface area contributed by atoms with Gasteiger partial charge in [-0.1, -0.05) is 117 Å². The number of esters is 6. The molecule has 0 radical (unpaired) electrons. The van der Waals surface area contributed by atoms with Gasteiger partial charge in [0.1, 0.15) is 0 Å². The molecule has 0 aromatic heterocycles. The van der Waals surface area contributed by atoms with Crippen LogP contribution in [0.15, 0.2) is 75.9 Å². The molecule has 0 aliphatic heterocycles. The van der Waals surface area contributed by atoms with Gasteiger partial charge in [0.05, 0.1) is 39.6 Å². The maximum Gasteiger partial charge on any atom is 0.330 e. The van der Waals surface area contributed by atoms with Crippen LogP contribution in [0.2, 0.25) is 0 Å². The normalized spacial score (nSPS) is 9.51. The summed E-state index contributed by atoms with van der Waals surface area (Å²) in [4.78, 5) is 64.0. The van der Waals surface area contributed by atoms with Crippen molar-refractivity contribution in [3.8, 4) is 0 Å². The molecule has 0 aromatic rings. The monoisotopic (exact) mass is 748 g/mol. The third-order valence-electron chi connectivity index (χ3n) is 6.83. The van der Waals surface area contributed by atoms with Crippen LogP contribution in [-0.4, -0.2) is 75.5 Å². The number of hydrogen-bond donors (Lipinski definition) is 0. The van der Waals surface area contributed by atoms with Crippen LogP contribution in [0.25, 0.3) is 0 Å². The molecule has 0 rings (SSSR count). The highest BCUT2D eigenvalue weighted by molar-refractivity contribution is 5.82. The molecule has 0 unspecified atom stereocenters. The first kappa shape index (κ1) is 52.6. The van der Waals surface area contributed by atoms with E-state index in [2.05, 4.69) is 48.9 Å². The number of hydrogen-bond acceptors (Lipinski definition) is 12. The van der Waals surface area contributed by atoms with E-state index < -0.39 is 11.9 Å². The van der Waals surface area contributed by atoms with Gasteiger partial charge in [0.15, 0.2) is 0 Å². The van der Waals surface area contributed by atoms with E-state index in [1.165, 1.54) is 50.0 Å². The van der Waals surface area contributed by atoms with E-state index in [1.807, 2.05) is 0 Å². The van der Waals surface area contributed by atoms with E-state index in [0.717, 1.165) is 89.2 Å². The zero-order valence-corrected chi connectivity index (χ0v) is 31.9. The van der Waals surface area contributed by atoms with Crippen molar-refractivity contribution in [3.63, 3.8) is 0 Å². The van der Waals surface area contributed by atoms with E-state index >= 15 is 0 Å². The Hall–Kier alpha value is -4.74. The minimum absolute atomic E-state index is 0.218. The van der Waals surface area contributed by atoms with Gasteiger partial charge in [-0.3, -0.25) is 0 Å². The zero-order valence-electron chi connectivity index (χ0n) is 31.9. The molecule has 0 aromatic carbocycles. The summed E-state index contributed by atoms with van der Waals surface area (Å²) < 4.78 is 28.8. The van der Waals surface area contributed by atoms with Gasteiger partial charge in [0, 0.05) is 42.9 Å². The lowest BCUT2D eigenvalue weighted by Gasteiger charge is -2.03. The molecule has 53 heavy (non-hydrogen) atoms. The minimum Gasteiger partial charge on any atom is -0.463 e. The Labute approximate surface area is 317 Å². The van der Waals surface area contributed by atoms with Crippen molar-refractivity contribution < 1.29 is 57.2 Å². The average Bonchev–Trinajstić information content (AvgIpc) is 3.18. The first-order valence-corrected chi connectivity index (χ1v) is 18.4. The van der Waals surface area contributed by atoms with E-state index in [9.17, 15) is 28.8 Å². The molecular weight excluding hydrogens is 684 g/mol. The van der Waals surface area contributed by atoms with Gasteiger partial charge in [0.2, 0.25) is 0 Å². The highest BCUT2D eigenvalue weighted by Crippen LogP contribution is 2.10. The molecule has 0 aliphatic carbocycles. The Balaban J connectivity index is -0.000000726. The van der Waals surface area contributed by atoms with Gasteiger partial charge in [-0.05, 0) is 25.7 Å². The second-order valence-electron chi connectivity index (χ2n) is 11.2. The van der Waals surface area contributed by atoms with Crippen LogP contribution in [0.1, 0.15) is 109 Å². The predicted octanol–water partition coefficient (Wildman–Crippen LogP) is 7.97. The van der Waals surface area contributed by atoms with Gasteiger partial charge in [-0.15, -0.1) is 0 Å². The van der Waals surface area contributed by atoms with E-state index in [1.54, 1.807) is 0 Å². The second kappa shape index (κ2) is 43.4. The van der Waals surface area contributed by atoms with Gasteiger partial charge in [0.25, 0.3) is 0 Å². The number of carbonyl (C=O) groups excluding carboxylic acids is 6. The fourth-order valence-electron chi connectivity index (χ4n) is 3.98. The van der Waals surface area contributed by atoms with E-state index in [4.69, 9.17) is 18.9 Å². The van der Waals surface area contributed by atoms with Crippen LogP contribution in [0.5, 0.6) is 0 Å². The molecule has 12 nitrogen and oxygen atoms in total. The lowest BCUT2D eigenvalue weighted by atomic mass is 10.1. The third-order valence-corrected chi connectivity index (χ3v) is 6.83. The Morgan fingerprint density at radius 1 is 0.245 bits per heavy atom. The fraction of sp³-hybridized carbons (Fsp3) is 0.561. The first-order chi connectivity index (χ1) is 25.6. The number of carbonyl (C=O) groups is 6. The molecule has 0 saturated carbocycles. The molecule has 0 N–H and O–H groups in total.